The molecule has 2 aliphatic rings. The highest BCUT2D eigenvalue weighted by Gasteiger charge is 2.20. The number of rotatable bonds is 4. The van der Waals surface area contributed by atoms with Gasteiger partial charge >= 0.3 is 0 Å². The standard InChI is InChI=1S/C14H14ClN.C10H8ClN.C4H7Br/c15-13-7-8-14(16-9-10-5-6-10)12-4-2-1-3-11(12)13;11-9-5-6-10(12)8-4-2-1-3-7(8)9;5-3-4-1-2-4/h1-4,7-8,10,16H,5-6,9H2;1-6H,12H2;4H,1-3H2. The smallest absolute Gasteiger partial charge is 0.0485 e. The molecule has 0 amide bonds. The first-order valence-corrected chi connectivity index (χ1v) is 13.3. The predicted molar refractivity (Wildman–Crippen MR) is 150 cm³/mol. The normalized spacial score (nSPS) is 14.8. The van der Waals surface area contributed by atoms with E-state index in [0.29, 0.717) is 0 Å². The third kappa shape index (κ3) is 6.79. The van der Waals surface area contributed by atoms with Crippen LogP contribution >= 0.6 is 39.1 Å². The molecule has 0 radical (unpaired) electrons. The van der Waals surface area contributed by atoms with Gasteiger partial charge in [-0.05, 0) is 61.8 Å². The molecule has 0 saturated heterocycles. The first-order chi connectivity index (χ1) is 16.1. The van der Waals surface area contributed by atoms with Crippen LogP contribution in [0.2, 0.25) is 10.0 Å². The van der Waals surface area contributed by atoms with E-state index in [0.717, 1.165) is 50.3 Å². The van der Waals surface area contributed by atoms with E-state index in [1.54, 1.807) is 0 Å². The molecular weight excluding hydrogens is 515 g/mol. The van der Waals surface area contributed by atoms with Crippen molar-refractivity contribution in [1.29, 1.82) is 0 Å². The molecule has 4 aromatic rings. The Morgan fingerprint density at radius 3 is 1.73 bits per heavy atom. The van der Waals surface area contributed by atoms with Gasteiger partial charge in [-0.25, -0.2) is 0 Å². The van der Waals surface area contributed by atoms with Crippen molar-refractivity contribution in [2.45, 2.75) is 25.7 Å². The summed E-state index contributed by atoms with van der Waals surface area (Å²) in [7, 11) is 0. The zero-order valence-electron chi connectivity index (χ0n) is 18.5. The van der Waals surface area contributed by atoms with Crippen molar-refractivity contribution in [2.75, 3.05) is 22.9 Å². The molecule has 0 atom stereocenters. The summed E-state index contributed by atoms with van der Waals surface area (Å²) in [5.74, 6) is 1.93. The molecule has 172 valence electrons. The largest absolute Gasteiger partial charge is 0.398 e. The molecule has 0 bridgehead atoms. The minimum Gasteiger partial charge on any atom is -0.398 e. The SMILES string of the molecule is BrCC1CC1.Clc1ccc(NCC2CC2)c2ccccc12.Nc1ccc(Cl)c2ccccc12. The molecule has 2 aliphatic carbocycles. The molecule has 0 aliphatic heterocycles. The van der Waals surface area contributed by atoms with E-state index < -0.39 is 0 Å². The van der Waals surface area contributed by atoms with Gasteiger partial charge in [0.1, 0.15) is 0 Å². The molecule has 2 fully saturated rings. The van der Waals surface area contributed by atoms with E-state index in [1.165, 1.54) is 42.1 Å². The third-order valence-electron chi connectivity index (χ3n) is 5.97. The summed E-state index contributed by atoms with van der Waals surface area (Å²) < 4.78 is 0. The van der Waals surface area contributed by atoms with E-state index in [4.69, 9.17) is 28.9 Å². The second kappa shape index (κ2) is 11.5. The van der Waals surface area contributed by atoms with E-state index in [2.05, 4.69) is 45.5 Å². The summed E-state index contributed by atoms with van der Waals surface area (Å²) in [6, 6.07) is 23.8. The lowest BCUT2D eigenvalue weighted by atomic mass is 10.1. The van der Waals surface area contributed by atoms with E-state index >= 15 is 0 Å². The molecule has 33 heavy (non-hydrogen) atoms. The van der Waals surface area contributed by atoms with Crippen molar-refractivity contribution in [3.8, 4) is 0 Å². The van der Waals surface area contributed by atoms with Crippen LogP contribution in [0.25, 0.3) is 21.5 Å². The van der Waals surface area contributed by atoms with E-state index in [-0.39, 0.29) is 0 Å². The minimum atomic E-state index is 0.750. The number of hydrogen-bond acceptors (Lipinski definition) is 2. The Morgan fingerprint density at radius 1 is 0.697 bits per heavy atom. The highest BCUT2D eigenvalue weighted by atomic mass is 79.9. The van der Waals surface area contributed by atoms with Crippen molar-refractivity contribution in [3.05, 3.63) is 82.8 Å². The molecule has 6 rings (SSSR count). The van der Waals surface area contributed by atoms with Crippen LogP contribution in [0.15, 0.2) is 72.8 Å². The molecule has 2 nitrogen and oxygen atoms in total. The zero-order chi connectivity index (χ0) is 23.2. The van der Waals surface area contributed by atoms with Crippen LogP contribution in [0.3, 0.4) is 0 Å². The van der Waals surface area contributed by atoms with Gasteiger partial charge in [-0.2, -0.15) is 0 Å². The Labute approximate surface area is 214 Å². The Kier molecular flexibility index (Phi) is 8.40. The third-order valence-corrected chi connectivity index (χ3v) is 7.54. The number of anilines is 2. The minimum absolute atomic E-state index is 0.750. The van der Waals surface area contributed by atoms with Gasteiger partial charge in [-0.1, -0.05) is 87.7 Å². The van der Waals surface area contributed by atoms with Crippen molar-refractivity contribution >= 4 is 72.1 Å². The van der Waals surface area contributed by atoms with E-state index in [1.807, 2.05) is 48.5 Å². The van der Waals surface area contributed by atoms with Crippen LogP contribution in [0.1, 0.15) is 25.7 Å². The maximum Gasteiger partial charge on any atom is 0.0485 e. The molecule has 4 aromatic carbocycles. The summed E-state index contributed by atoms with van der Waals surface area (Å²) in [5, 5.41) is 10.7. The molecule has 0 spiro atoms. The second-order valence-corrected chi connectivity index (χ2v) is 10.2. The van der Waals surface area contributed by atoms with Gasteiger partial charge in [-0.15, -0.1) is 0 Å². The number of alkyl halides is 1. The van der Waals surface area contributed by atoms with Gasteiger partial charge < -0.3 is 11.1 Å². The van der Waals surface area contributed by atoms with Crippen LogP contribution < -0.4 is 11.1 Å². The van der Waals surface area contributed by atoms with Gasteiger partial charge in [0.2, 0.25) is 0 Å². The number of hydrogen-bond donors (Lipinski definition) is 2. The number of fused-ring (bicyclic) bond motifs is 2. The molecular formula is C28H29BrCl2N2. The van der Waals surface area contributed by atoms with Crippen LogP contribution in [-0.2, 0) is 0 Å². The average molecular weight is 544 g/mol. The fraction of sp³-hybridized carbons (Fsp3) is 0.286. The molecule has 0 heterocycles. The lowest BCUT2D eigenvalue weighted by molar-refractivity contribution is 0.890. The lowest BCUT2D eigenvalue weighted by Gasteiger charge is -2.10. The van der Waals surface area contributed by atoms with Crippen LogP contribution in [0.4, 0.5) is 11.4 Å². The number of benzene rings is 4. The zero-order valence-corrected chi connectivity index (χ0v) is 21.6. The first kappa shape index (κ1) is 24.2. The Balaban J connectivity index is 0.000000134. The fourth-order valence-corrected chi connectivity index (χ4v) is 4.65. The quantitative estimate of drug-likeness (QED) is 0.199. The number of nitrogens with two attached hydrogens (primary N) is 1. The van der Waals surface area contributed by atoms with Gasteiger partial charge in [-0.3, -0.25) is 0 Å². The maximum atomic E-state index is 6.18. The number of nitrogens with one attached hydrogen (secondary N) is 1. The van der Waals surface area contributed by atoms with Crippen molar-refractivity contribution in [3.63, 3.8) is 0 Å². The number of halogens is 3. The molecule has 0 aromatic heterocycles. The van der Waals surface area contributed by atoms with E-state index in [9.17, 15) is 0 Å². The monoisotopic (exact) mass is 542 g/mol. The molecule has 0 unspecified atom stereocenters. The van der Waals surface area contributed by atoms with Crippen LogP contribution in [-0.4, -0.2) is 11.9 Å². The summed E-state index contributed by atoms with van der Waals surface area (Å²) in [6.07, 6.45) is 5.67. The first-order valence-electron chi connectivity index (χ1n) is 11.5. The number of nitrogen functional groups attached to an aromatic ring is 1. The summed E-state index contributed by atoms with van der Waals surface area (Å²) in [6.45, 7) is 1.09. The van der Waals surface area contributed by atoms with Crippen molar-refractivity contribution in [2.24, 2.45) is 11.8 Å². The summed E-state index contributed by atoms with van der Waals surface area (Å²) >= 11 is 15.5. The Bertz CT molecular complexity index is 1180. The maximum absolute atomic E-state index is 6.18. The van der Waals surface area contributed by atoms with Gasteiger partial charge in [0.05, 0.1) is 0 Å². The second-order valence-electron chi connectivity index (χ2n) is 8.74. The highest BCUT2D eigenvalue weighted by molar-refractivity contribution is 9.09. The highest BCUT2D eigenvalue weighted by Crippen LogP contribution is 2.33. The Morgan fingerprint density at radius 2 is 1.21 bits per heavy atom. The average Bonchev–Trinajstić information content (AvgIpc) is 3.77. The fourth-order valence-electron chi connectivity index (χ4n) is 3.55. The predicted octanol–water partition coefficient (Wildman–Crippen LogP) is 9.18. The summed E-state index contributed by atoms with van der Waals surface area (Å²) in [4.78, 5) is 0. The van der Waals surface area contributed by atoms with Crippen molar-refractivity contribution < 1.29 is 0 Å². The van der Waals surface area contributed by atoms with Crippen LogP contribution in [0.5, 0.6) is 0 Å². The topological polar surface area (TPSA) is 38.0 Å². The van der Waals surface area contributed by atoms with Gasteiger partial charge in [0.25, 0.3) is 0 Å². The van der Waals surface area contributed by atoms with Crippen LogP contribution in [0, 0.1) is 11.8 Å². The lowest BCUT2D eigenvalue weighted by Crippen LogP contribution is -2.03. The van der Waals surface area contributed by atoms with Crippen molar-refractivity contribution in [1.82, 2.24) is 0 Å². The Hall–Kier alpha value is -1.94. The van der Waals surface area contributed by atoms with Gasteiger partial charge in [0.15, 0.2) is 0 Å². The molecule has 3 N–H and O–H groups in total. The molecule has 2 saturated carbocycles. The summed E-state index contributed by atoms with van der Waals surface area (Å²) in [5.41, 5.74) is 7.74. The molecule has 5 heteroatoms. The van der Waals surface area contributed by atoms with Gasteiger partial charge in [0, 0.05) is 54.8 Å².